The molecule has 2 amide bonds. The number of benzene rings is 1. The Labute approximate surface area is 131 Å². The number of halogens is 3. The molecule has 23 heavy (non-hydrogen) atoms. The molecule has 0 saturated heterocycles. The molecule has 0 bridgehead atoms. The predicted molar refractivity (Wildman–Crippen MR) is 80.8 cm³/mol. The summed E-state index contributed by atoms with van der Waals surface area (Å²) in [4.78, 5) is 11.8. The van der Waals surface area contributed by atoms with E-state index in [1.807, 2.05) is 6.92 Å². The Balaban J connectivity index is 2.85. The molecule has 1 aromatic carbocycles. The number of hydrogen-bond donors (Lipinski definition) is 4. The molecular weight excluding hydrogens is 313 g/mol. The topological polar surface area (TPSA) is 86.2 Å². The molecule has 0 aliphatic rings. The second-order valence-corrected chi connectivity index (χ2v) is 4.81. The zero-order chi connectivity index (χ0) is 17.6. The van der Waals surface area contributed by atoms with Crippen molar-refractivity contribution in [2.24, 2.45) is 0 Å². The number of carbonyl (C=O) groups excluding carboxylic acids is 1. The number of alkyl halides is 3. The Morgan fingerprint density at radius 3 is 2.52 bits per heavy atom. The zero-order valence-corrected chi connectivity index (χ0v) is 13.0. The SMILES string of the molecule is CCCNC(=N)NC(=O)Nc1c(C)ccc(OC(F)(F)F)c1C. The van der Waals surface area contributed by atoms with Gasteiger partial charge in [-0.1, -0.05) is 13.0 Å². The van der Waals surface area contributed by atoms with Crippen LogP contribution in [-0.4, -0.2) is 24.9 Å². The molecule has 0 spiro atoms. The van der Waals surface area contributed by atoms with Crippen LogP contribution in [0, 0.1) is 19.3 Å². The molecule has 1 rings (SSSR count). The predicted octanol–water partition coefficient (Wildman–Crippen LogP) is 3.26. The lowest BCUT2D eigenvalue weighted by molar-refractivity contribution is -0.274. The van der Waals surface area contributed by atoms with Gasteiger partial charge in [0.05, 0.1) is 5.69 Å². The van der Waals surface area contributed by atoms with E-state index in [0.717, 1.165) is 6.42 Å². The van der Waals surface area contributed by atoms with E-state index in [9.17, 15) is 18.0 Å². The first-order chi connectivity index (χ1) is 10.6. The van der Waals surface area contributed by atoms with Crippen LogP contribution in [0.15, 0.2) is 12.1 Å². The molecule has 0 atom stereocenters. The molecule has 0 aliphatic heterocycles. The summed E-state index contributed by atoms with van der Waals surface area (Å²) >= 11 is 0. The maximum Gasteiger partial charge on any atom is 0.573 e. The Morgan fingerprint density at radius 2 is 1.96 bits per heavy atom. The number of amides is 2. The molecule has 4 N–H and O–H groups in total. The lowest BCUT2D eigenvalue weighted by Gasteiger charge is -2.17. The zero-order valence-electron chi connectivity index (χ0n) is 13.0. The quantitative estimate of drug-likeness (QED) is 0.504. The molecule has 9 heteroatoms. The van der Waals surface area contributed by atoms with E-state index in [1.54, 1.807) is 6.92 Å². The standard InChI is InChI=1S/C14H19F3N4O2/c1-4-7-19-12(18)21-13(22)20-11-8(2)5-6-10(9(11)3)23-14(15,16)17/h5-6H,4,7H2,1-3H3,(H4,18,19,20,21,22). The van der Waals surface area contributed by atoms with E-state index in [2.05, 4.69) is 20.7 Å². The maximum atomic E-state index is 12.3. The molecule has 1 aromatic rings. The molecule has 0 aromatic heterocycles. The van der Waals surface area contributed by atoms with E-state index in [-0.39, 0.29) is 17.2 Å². The number of rotatable bonds is 4. The van der Waals surface area contributed by atoms with E-state index in [4.69, 9.17) is 5.41 Å². The van der Waals surface area contributed by atoms with E-state index in [0.29, 0.717) is 12.1 Å². The van der Waals surface area contributed by atoms with Crippen LogP contribution in [0.5, 0.6) is 5.75 Å². The largest absolute Gasteiger partial charge is 0.573 e. The van der Waals surface area contributed by atoms with Crippen LogP contribution in [0.2, 0.25) is 0 Å². The Morgan fingerprint density at radius 1 is 1.30 bits per heavy atom. The number of nitrogens with one attached hydrogen (secondary N) is 4. The van der Waals surface area contributed by atoms with Gasteiger partial charge < -0.3 is 15.4 Å². The number of guanidine groups is 1. The summed E-state index contributed by atoms with van der Waals surface area (Å²) < 4.78 is 41.0. The van der Waals surface area contributed by atoms with Crippen LogP contribution < -0.4 is 20.7 Å². The average molecular weight is 332 g/mol. The minimum Gasteiger partial charge on any atom is -0.405 e. The molecule has 0 unspecified atom stereocenters. The van der Waals surface area contributed by atoms with Gasteiger partial charge in [-0.25, -0.2) is 4.79 Å². The molecule has 6 nitrogen and oxygen atoms in total. The summed E-state index contributed by atoms with van der Waals surface area (Å²) in [5.74, 6) is -0.583. The highest BCUT2D eigenvalue weighted by atomic mass is 19.4. The monoisotopic (exact) mass is 332 g/mol. The first-order valence-electron chi connectivity index (χ1n) is 6.90. The average Bonchev–Trinajstić information content (AvgIpc) is 2.43. The van der Waals surface area contributed by atoms with Crippen LogP contribution >= 0.6 is 0 Å². The van der Waals surface area contributed by atoms with E-state index >= 15 is 0 Å². The third-order valence-corrected chi connectivity index (χ3v) is 2.88. The van der Waals surface area contributed by atoms with Gasteiger partial charge in [-0.05, 0) is 31.9 Å². The minimum absolute atomic E-state index is 0.144. The third-order valence-electron chi connectivity index (χ3n) is 2.88. The van der Waals surface area contributed by atoms with Crippen LogP contribution in [0.4, 0.5) is 23.7 Å². The molecule has 0 aliphatic carbocycles. The minimum atomic E-state index is -4.81. The summed E-state index contributed by atoms with van der Waals surface area (Å²) in [6.45, 7) is 5.47. The summed E-state index contributed by atoms with van der Waals surface area (Å²) in [5.41, 5.74) is 0.915. The van der Waals surface area contributed by atoms with Crippen LogP contribution in [0.1, 0.15) is 24.5 Å². The lowest BCUT2D eigenvalue weighted by atomic mass is 10.1. The molecule has 0 heterocycles. The van der Waals surface area contributed by atoms with Crippen molar-refractivity contribution in [3.63, 3.8) is 0 Å². The molecular formula is C14H19F3N4O2. The van der Waals surface area contributed by atoms with Crippen molar-refractivity contribution in [1.29, 1.82) is 5.41 Å². The summed E-state index contributed by atoms with van der Waals surface area (Å²) in [6, 6.07) is 1.87. The molecule has 0 saturated carbocycles. The van der Waals surface area contributed by atoms with Crippen LogP contribution in [0.25, 0.3) is 0 Å². The molecule has 0 radical (unpaired) electrons. The van der Waals surface area contributed by atoms with Crippen molar-refractivity contribution in [3.05, 3.63) is 23.3 Å². The lowest BCUT2D eigenvalue weighted by Crippen LogP contribution is -2.42. The van der Waals surface area contributed by atoms with Gasteiger partial charge >= 0.3 is 12.4 Å². The smallest absolute Gasteiger partial charge is 0.405 e. The maximum absolute atomic E-state index is 12.3. The van der Waals surface area contributed by atoms with Gasteiger partial charge in [0.2, 0.25) is 0 Å². The van der Waals surface area contributed by atoms with Gasteiger partial charge in [0.25, 0.3) is 0 Å². The van der Waals surface area contributed by atoms with Crippen molar-refractivity contribution in [1.82, 2.24) is 10.6 Å². The Hall–Kier alpha value is -2.45. The highest BCUT2D eigenvalue weighted by Gasteiger charge is 2.32. The second-order valence-electron chi connectivity index (χ2n) is 4.81. The Kier molecular flexibility index (Phi) is 6.23. The number of aryl methyl sites for hydroxylation is 1. The fourth-order valence-electron chi connectivity index (χ4n) is 1.81. The molecule has 0 fully saturated rings. The number of anilines is 1. The van der Waals surface area contributed by atoms with Gasteiger partial charge in [0.1, 0.15) is 5.75 Å². The third kappa shape index (κ3) is 6.05. The van der Waals surface area contributed by atoms with Gasteiger partial charge in [-0.2, -0.15) is 0 Å². The second kappa shape index (κ2) is 7.70. The van der Waals surface area contributed by atoms with Crippen molar-refractivity contribution in [2.75, 3.05) is 11.9 Å². The van der Waals surface area contributed by atoms with Crippen molar-refractivity contribution < 1.29 is 22.7 Å². The van der Waals surface area contributed by atoms with Crippen LogP contribution in [-0.2, 0) is 0 Å². The highest BCUT2D eigenvalue weighted by molar-refractivity contribution is 6.02. The summed E-state index contributed by atoms with van der Waals surface area (Å²) in [7, 11) is 0. The van der Waals surface area contributed by atoms with Gasteiger partial charge in [0, 0.05) is 12.1 Å². The Bertz CT molecular complexity index is 588. The highest BCUT2D eigenvalue weighted by Crippen LogP contribution is 2.32. The normalized spacial score (nSPS) is 10.9. The molecule has 128 valence electrons. The van der Waals surface area contributed by atoms with Crippen molar-refractivity contribution in [3.8, 4) is 5.75 Å². The number of urea groups is 1. The van der Waals surface area contributed by atoms with E-state index in [1.165, 1.54) is 19.1 Å². The van der Waals surface area contributed by atoms with Gasteiger partial charge in [0.15, 0.2) is 5.96 Å². The fourth-order valence-corrected chi connectivity index (χ4v) is 1.81. The first-order valence-corrected chi connectivity index (χ1v) is 6.90. The number of ether oxygens (including phenoxy) is 1. The van der Waals surface area contributed by atoms with Gasteiger partial charge in [-0.15, -0.1) is 13.2 Å². The summed E-state index contributed by atoms with van der Waals surface area (Å²) in [5, 5.41) is 14.8. The fraction of sp³-hybridized carbons (Fsp3) is 0.429. The van der Waals surface area contributed by atoms with Gasteiger partial charge in [-0.3, -0.25) is 10.7 Å². The number of hydrogen-bond acceptors (Lipinski definition) is 3. The van der Waals surface area contributed by atoms with Crippen molar-refractivity contribution >= 4 is 17.7 Å². The number of carbonyl (C=O) groups is 1. The van der Waals surface area contributed by atoms with E-state index < -0.39 is 18.1 Å². The first kappa shape index (κ1) is 18.6. The summed E-state index contributed by atoms with van der Waals surface area (Å²) in [6.07, 6.45) is -4.04. The van der Waals surface area contributed by atoms with Crippen molar-refractivity contribution in [2.45, 2.75) is 33.6 Å². The van der Waals surface area contributed by atoms with Crippen LogP contribution in [0.3, 0.4) is 0 Å².